The molecule has 0 bridgehead atoms. The number of nitrogens with one attached hydrogen (secondary N) is 1. The van der Waals surface area contributed by atoms with Gasteiger partial charge in [0.2, 0.25) is 0 Å². The van der Waals surface area contributed by atoms with Crippen LogP contribution in [0.15, 0.2) is 4.79 Å². The number of aryl methyl sites for hydroxylation is 1. The van der Waals surface area contributed by atoms with Gasteiger partial charge in [-0.05, 0) is 26.2 Å². The van der Waals surface area contributed by atoms with Gasteiger partial charge in [-0.1, -0.05) is 20.8 Å². The molecule has 0 saturated carbocycles. The number of H-pyrrole nitrogens is 1. The summed E-state index contributed by atoms with van der Waals surface area (Å²) in [4.78, 5) is 19.1. The van der Waals surface area contributed by atoms with E-state index in [4.69, 9.17) is 5.73 Å². The molecule has 1 heterocycles. The molecule has 4 nitrogen and oxygen atoms in total. The van der Waals surface area contributed by atoms with Crippen LogP contribution in [0.5, 0.6) is 0 Å². The second-order valence-electron chi connectivity index (χ2n) is 4.20. The summed E-state index contributed by atoms with van der Waals surface area (Å²) in [5.74, 6) is 0.609. The lowest BCUT2D eigenvalue weighted by molar-refractivity contribution is 0.384. The van der Waals surface area contributed by atoms with Gasteiger partial charge >= 0.3 is 0 Å². The first-order chi connectivity index (χ1) is 7.48. The number of aromatic nitrogens is 2. The highest BCUT2D eigenvalue weighted by Crippen LogP contribution is 2.21. The molecular weight excluding hydrogens is 202 g/mol. The lowest BCUT2D eigenvalue weighted by Gasteiger charge is -2.25. The smallest absolute Gasteiger partial charge is 0.254 e. The Balaban J connectivity index is 3.33. The normalized spacial score (nSPS) is 11.8. The van der Waals surface area contributed by atoms with Crippen LogP contribution >= 0.6 is 0 Å². The van der Waals surface area contributed by atoms with Crippen molar-refractivity contribution in [3.63, 3.8) is 0 Å². The molecule has 1 rings (SSSR count). The van der Waals surface area contributed by atoms with Crippen molar-refractivity contribution in [2.24, 2.45) is 5.73 Å². The second-order valence-corrected chi connectivity index (χ2v) is 4.20. The van der Waals surface area contributed by atoms with Crippen LogP contribution in [0.4, 0.5) is 0 Å². The molecule has 0 aliphatic heterocycles. The van der Waals surface area contributed by atoms with Crippen LogP contribution in [0, 0.1) is 6.92 Å². The zero-order valence-electron chi connectivity index (χ0n) is 10.6. The molecule has 0 spiro atoms. The summed E-state index contributed by atoms with van der Waals surface area (Å²) in [6, 6.07) is 0. The lowest BCUT2D eigenvalue weighted by Crippen LogP contribution is -2.39. The first-order valence-corrected chi connectivity index (χ1v) is 5.87. The molecular formula is C12H21N3O. The molecule has 0 saturated heterocycles. The van der Waals surface area contributed by atoms with Crippen LogP contribution in [0.2, 0.25) is 0 Å². The Kier molecular flexibility index (Phi) is 3.86. The minimum atomic E-state index is -0.518. The maximum atomic E-state index is 11.8. The van der Waals surface area contributed by atoms with Gasteiger partial charge in [0, 0.05) is 11.3 Å². The molecule has 90 valence electrons. The molecule has 0 aliphatic rings. The van der Waals surface area contributed by atoms with Crippen LogP contribution in [-0.4, -0.2) is 9.97 Å². The Morgan fingerprint density at radius 3 is 2.25 bits per heavy atom. The van der Waals surface area contributed by atoms with Gasteiger partial charge in [0.05, 0.1) is 5.54 Å². The van der Waals surface area contributed by atoms with E-state index in [1.807, 2.05) is 27.7 Å². The third-order valence-corrected chi connectivity index (χ3v) is 3.31. The van der Waals surface area contributed by atoms with Crippen molar-refractivity contribution >= 4 is 0 Å². The molecule has 0 aliphatic carbocycles. The first kappa shape index (κ1) is 12.9. The highest BCUT2D eigenvalue weighted by molar-refractivity contribution is 5.19. The van der Waals surface area contributed by atoms with E-state index in [9.17, 15) is 4.79 Å². The summed E-state index contributed by atoms with van der Waals surface area (Å²) in [6.45, 7) is 7.83. The second kappa shape index (κ2) is 4.78. The Labute approximate surface area is 96.3 Å². The Morgan fingerprint density at radius 2 is 1.88 bits per heavy atom. The van der Waals surface area contributed by atoms with Gasteiger partial charge in [-0.2, -0.15) is 0 Å². The summed E-state index contributed by atoms with van der Waals surface area (Å²) in [6.07, 6.45) is 2.22. The molecule has 0 atom stereocenters. The lowest BCUT2D eigenvalue weighted by atomic mass is 9.93. The van der Waals surface area contributed by atoms with Gasteiger partial charge in [-0.15, -0.1) is 0 Å². The van der Waals surface area contributed by atoms with Gasteiger partial charge < -0.3 is 10.7 Å². The molecule has 16 heavy (non-hydrogen) atoms. The minimum Gasteiger partial charge on any atom is -0.319 e. The van der Waals surface area contributed by atoms with Crippen LogP contribution in [0.1, 0.15) is 50.7 Å². The van der Waals surface area contributed by atoms with Crippen molar-refractivity contribution in [1.29, 1.82) is 0 Å². The summed E-state index contributed by atoms with van der Waals surface area (Å²) in [5, 5.41) is 0. The van der Waals surface area contributed by atoms with Gasteiger partial charge in [-0.3, -0.25) is 4.79 Å². The SMILES string of the molecule is CCc1c(C)nc(C(N)(CC)CC)[nH]c1=O. The van der Waals surface area contributed by atoms with Crippen molar-refractivity contribution in [3.05, 3.63) is 27.4 Å². The van der Waals surface area contributed by atoms with Crippen LogP contribution < -0.4 is 11.3 Å². The topological polar surface area (TPSA) is 71.8 Å². The van der Waals surface area contributed by atoms with Crippen molar-refractivity contribution in [2.45, 2.75) is 52.5 Å². The zero-order valence-corrected chi connectivity index (χ0v) is 10.6. The number of hydrogen-bond donors (Lipinski definition) is 2. The maximum absolute atomic E-state index is 11.8. The first-order valence-electron chi connectivity index (χ1n) is 5.87. The molecule has 1 aromatic rings. The van der Waals surface area contributed by atoms with Crippen LogP contribution in [0.25, 0.3) is 0 Å². The van der Waals surface area contributed by atoms with E-state index in [0.29, 0.717) is 12.2 Å². The average molecular weight is 223 g/mol. The fourth-order valence-corrected chi connectivity index (χ4v) is 1.85. The van der Waals surface area contributed by atoms with Crippen LogP contribution in [0.3, 0.4) is 0 Å². The zero-order chi connectivity index (χ0) is 12.3. The predicted octanol–water partition coefficient (Wildman–Crippen LogP) is 1.61. The fraction of sp³-hybridized carbons (Fsp3) is 0.667. The van der Waals surface area contributed by atoms with E-state index in [1.54, 1.807) is 0 Å². The monoisotopic (exact) mass is 223 g/mol. The quantitative estimate of drug-likeness (QED) is 0.814. The molecule has 0 amide bonds. The van der Waals surface area contributed by atoms with E-state index in [2.05, 4.69) is 9.97 Å². The molecule has 0 aromatic carbocycles. The Bertz CT molecular complexity index is 419. The van der Waals surface area contributed by atoms with E-state index in [1.165, 1.54) is 0 Å². The van der Waals surface area contributed by atoms with Crippen molar-refractivity contribution in [2.75, 3.05) is 0 Å². The largest absolute Gasteiger partial charge is 0.319 e. The summed E-state index contributed by atoms with van der Waals surface area (Å²) < 4.78 is 0. The number of hydrogen-bond acceptors (Lipinski definition) is 3. The fourth-order valence-electron chi connectivity index (χ4n) is 1.85. The molecule has 1 aromatic heterocycles. The van der Waals surface area contributed by atoms with Crippen LogP contribution in [-0.2, 0) is 12.0 Å². The average Bonchev–Trinajstić information content (AvgIpc) is 2.27. The third-order valence-electron chi connectivity index (χ3n) is 3.31. The Morgan fingerprint density at radius 1 is 1.31 bits per heavy atom. The highest BCUT2D eigenvalue weighted by Gasteiger charge is 2.26. The summed E-state index contributed by atoms with van der Waals surface area (Å²) >= 11 is 0. The number of nitrogens with two attached hydrogens (primary N) is 1. The predicted molar refractivity (Wildman–Crippen MR) is 65.4 cm³/mol. The van der Waals surface area contributed by atoms with E-state index in [0.717, 1.165) is 24.1 Å². The van der Waals surface area contributed by atoms with Crippen molar-refractivity contribution in [1.82, 2.24) is 9.97 Å². The van der Waals surface area contributed by atoms with Gasteiger partial charge in [0.1, 0.15) is 5.82 Å². The molecule has 0 fully saturated rings. The minimum absolute atomic E-state index is 0.0540. The summed E-state index contributed by atoms with van der Waals surface area (Å²) in [5.41, 5.74) is 7.18. The number of aromatic amines is 1. The van der Waals surface area contributed by atoms with Gasteiger partial charge in [0.25, 0.3) is 5.56 Å². The van der Waals surface area contributed by atoms with Gasteiger partial charge in [0.15, 0.2) is 0 Å². The number of rotatable bonds is 4. The molecule has 0 unspecified atom stereocenters. The molecule has 4 heteroatoms. The maximum Gasteiger partial charge on any atom is 0.254 e. The highest BCUT2D eigenvalue weighted by atomic mass is 16.1. The summed E-state index contributed by atoms with van der Waals surface area (Å²) in [7, 11) is 0. The standard InChI is InChI=1S/C12H21N3O/c1-5-9-8(4)14-11(15-10(9)16)12(13,6-2)7-3/h5-7,13H2,1-4H3,(H,14,15,16). The van der Waals surface area contributed by atoms with E-state index < -0.39 is 5.54 Å². The third kappa shape index (κ3) is 2.16. The van der Waals surface area contributed by atoms with Crippen molar-refractivity contribution in [3.8, 4) is 0 Å². The molecule has 0 radical (unpaired) electrons. The van der Waals surface area contributed by atoms with Gasteiger partial charge in [-0.25, -0.2) is 4.98 Å². The molecule has 3 N–H and O–H groups in total. The number of nitrogens with zero attached hydrogens (tertiary/aromatic N) is 1. The van der Waals surface area contributed by atoms with E-state index >= 15 is 0 Å². The van der Waals surface area contributed by atoms with Crippen molar-refractivity contribution < 1.29 is 0 Å². The van der Waals surface area contributed by atoms with E-state index in [-0.39, 0.29) is 5.56 Å². The Hall–Kier alpha value is -1.16.